The van der Waals surface area contributed by atoms with Crippen LogP contribution in [0.4, 0.5) is 0 Å². The summed E-state index contributed by atoms with van der Waals surface area (Å²) in [5, 5.41) is 6.91. The number of furan rings is 1. The Balaban J connectivity index is 1.17. The van der Waals surface area contributed by atoms with Crippen LogP contribution in [0.15, 0.2) is 205 Å². The van der Waals surface area contributed by atoms with Gasteiger partial charge in [-0.2, -0.15) is 0 Å². The molecule has 0 aliphatic heterocycles. The maximum absolute atomic E-state index is 6.91. The van der Waals surface area contributed by atoms with Crippen molar-refractivity contribution in [3.8, 4) is 45.0 Å². The Hall–Kier alpha value is -7.69. The molecule has 4 nitrogen and oxygen atoms in total. The van der Waals surface area contributed by atoms with Crippen molar-refractivity contribution in [1.29, 1.82) is 0 Å². The maximum atomic E-state index is 6.91. The van der Waals surface area contributed by atoms with E-state index in [1.165, 1.54) is 10.8 Å². The van der Waals surface area contributed by atoms with Crippen LogP contribution in [0.5, 0.6) is 0 Å². The highest BCUT2D eigenvalue weighted by Crippen LogP contribution is 2.49. The van der Waals surface area contributed by atoms with Gasteiger partial charge in [-0.15, -0.1) is 0 Å². The molecule has 0 aliphatic rings. The molecule has 0 saturated carbocycles. The van der Waals surface area contributed by atoms with E-state index in [0.717, 1.165) is 99.8 Å². The highest BCUT2D eigenvalue weighted by atomic mass is 16.3. The van der Waals surface area contributed by atoms with Crippen LogP contribution in [0.25, 0.3) is 111 Å². The third kappa shape index (κ3) is 4.77. The van der Waals surface area contributed by atoms with Gasteiger partial charge in [0.2, 0.25) is 0 Å². The second kappa shape index (κ2) is 12.4. The maximum Gasteiger partial charge on any atom is 0.146 e. The zero-order chi connectivity index (χ0) is 37.5. The van der Waals surface area contributed by atoms with E-state index < -0.39 is 0 Å². The summed E-state index contributed by atoms with van der Waals surface area (Å²) in [4.78, 5) is 5.24. The van der Waals surface area contributed by atoms with Gasteiger partial charge < -0.3 is 13.6 Å². The van der Waals surface area contributed by atoms with Gasteiger partial charge in [-0.05, 0) is 65.7 Å². The zero-order valence-corrected chi connectivity index (χ0v) is 30.8. The molecule has 0 radical (unpaired) electrons. The van der Waals surface area contributed by atoms with E-state index in [9.17, 15) is 0 Å². The van der Waals surface area contributed by atoms with E-state index >= 15 is 0 Å². The van der Waals surface area contributed by atoms with E-state index in [0.29, 0.717) is 0 Å². The Morgan fingerprint density at radius 2 is 0.825 bits per heavy atom. The van der Waals surface area contributed by atoms with Gasteiger partial charge >= 0.3 is 0 Å². The highest BCUT2D eigenvalue weighted by molar-refractivity contribution is 6.39. The summed E-state index contributed by atoms with van der Waals surface area (Å²) in [5.74, 6) is 0. The molecular formula is C53H33N3O. The molecule has 0 spiro atoms. The third-order valence-electron chi connectivity index (χ3n) is 11.5. The minimum atomic E-state index is 0.888. The summed E-state index contributed by atoms with van der Waals surface area (Å²) in [6.45, 7) is 0. The second-order valence-corrected chi connectivity index (χ2v) is 14.7. The van der Waals surface area contributed by atoms with Gasteiger partial charge in [0.25, 0.3) is 0 Å². The Labute approximate surface area is 328 Å². The Kier molecular flexibility index (Phi) is 6.89. The molecule has 8 aromatic carbocycles. The van der Waals surface area contributed by atoms with Gasteiger partial charge in [-0.25, -0.2) is 4.98 Å². The van der Waals surface area contributed by atoms with Gasteiger partial charge in [-0.1, -0.05) is 146 Å². The lowest BCUT2D eigenvalue weighted by atomic mass is 10.00. The molecule has 12 rings (SSSR count). The van der Waals surface area contributed by atoms with E-state index in [4.69, 9.17) is 9.40 Å². The molecule has 4 aromatic heterocycles. The molecule has 0 unspecified atom stereocenters. The standard InChI is InChI=1S/C53H33N3O/c1-4-16-34(17-5-1)37-32-43(35-18-6-2-7-19-35)54-44(33-37)36-28-30-39(31-29-36)56-45-25-13-10-22-40(45)48-49-42-24-12-15-27-47(42)57-53(49)50-41-23-11-14-26-46(41)55(52(50)51(48)56)38-20-8-3-9-21-38/h1-33H. The SMILES string of the molecule is c1ccc(-c2cc(-c3ccccc3)nc(-c3ccc(-n4c5ccccc5c5c6c7ccccc7oc6c6c7ccccc7n(-c7ccccc7)c6c54)cc3)c2)cc1. The molecule has 0 atom stereocenters. The van der Waals surface area contributed by atoms with Crippen LogP contribution in [0.3, 0.4) is 0 Å². The molecule has 12 aromatic rings. The van der Waals surface area contributed by atoms with Crippen molar-refractivity contribution in [3.05, 3.63) is 200 Å². The lowest BCUT2D eigenvalue weighted by Gasteiger charge is -2.14. The summed E-state index contributed by atoms with van der Waals surface area (Å²) in [7, 11) is 0. The Morgan fingerprint density at radius 1 is 0.351 bits per heavy atom. The molecule has 0 saturated heterocycles. The predicted octanol–water partition coefficient (Wildman–Crippen LogP) is 14.2. The summed E-state index contributed by atoms with van der Waals surface area (Å²) >= 11 is 0. The minimum absolute atomic E-state index is 0.888. The van der Waals surface area contributed by atoms with Crippen molar-refractivity contribution in [3.63, 3.8) is 0 Å². The summed E-state index contributed by atoms with van der Waals surface area (Å²) in [6.07, 6.45) is 0. The molecule has 0 amide bonds. The van der Waals surface area contributed by atoms with Crippen molar-refractivity contribution < 1.29 is 4.42 Å². The van der Waals surface area contributed by atoms with Gasteiger partial charge in [0.05, 0.1) is 38.8 Å². The fourth-order valence-electron chi connectivity index (χ4n) is 9.01. The lowest BCUT2D eigenvalue weighted by Crippen LogP contribution is -1.99. The average molecular weight is 728 g/mol. The molecular weight excluding hydrogens is 695 g/mol. The van der Waals surface area contributed by atoms with E-state index in [1.807, 2.05) is 6.07 Å². The zero-order valence-electron chi connectivity index (χ0n) is 30.8. The molecule has 266 valence electrons. The van der Waals surface area contributed by atoms with E-state index in [1.54, 1.807) is 0 Å². The summed E-state index contributed by atoms with van der Waals surface area (Å²) in [5.41, 5.74) is 14.9. The van der Waals surface area contributed by atoms with Crippen molar-refractivity contribution in [2.75, 3.05) is 0 Å². The number of hydrogen-bond acceptors (Lipinski definition) is 2. The predicted molar refractivity (Wildman–Crippen MR) is 237 cm³/mol. The first-order valence-corrected chi connectivity index (χ1v) is 19.4. The van der Waals surface area contributed by atoms with E-state index in [2.05, 4.69) is 203 Å². The molecule has 0 bridgehead atoms. The van der Waals surface area contributed by atoms with Crippen molar-refractivity contribution in [1.82, 2.24) is 14.1 Å². The number of pyridine rings is 1. The van der Waals surface area contributed by atoms with Crippen molar-refractivity contribution >= 4 is 65.6 Å². The Morgan fingerprint density at radius 3 is 1.47 bits per heavy atom. The van der Waals surface area contributed by atoms with Crippen LogP contribution in [0, 0.1) is 0 Å². The quantitative estimate of drug-likeness (QED) is 0.177. The van der Waals surface area contributed by atoms with Crippen molar-refractivity contribution in [2.24, 2.45) is 0 Å². The largest absolute Gasteiger partial charge is 0.455 e. The van der Waals surface area contributed by atoms with Gasteiger partial charge in [0.15, 0.2) is 0 Å². The number of fused-ring (bicyclic) bond motifs is 12. The molecule has 0 fully saturated rings. The monoisotopic (exact) mass is 727 g/mol. The van der Waals surface area contributed by atoms with Gasteiger partial charge in [0.1, 0.15) is 11.2 Å². The Bertz CT molecular complexity index is 3430. The van der Waals surface area contributed by atoms with E-state index in [-0.39, 0.29) is 0 Å². The summed E-state index contributed by atoms with van der Waals surface area (Å²) in [6, 6.07) is 71.0. The minimum Gasteiger partial charge on any atom is -0.455 e. The van der Waals surface area contributed by atoms with Gasteiger partial charge in [0, 0.05) is 49.4 Å². The van der Waals surface area contributed by atoms with Crippen LogP contribution >= 0.6 is 0 Å². The van der Waals surface area contributed by atoms with Crippen LogP contribution in [-0.2, 0) is 0 Å². The molecule has 57 heavy (non-hydrogen) atoms. The summed E-state index contributed by atoms with van der Waals surface area (Å²) < 4.78 is 11.8. The normalized spacial score (nSPS) is 11.9. The topological polar surface area (TPSA) is 35.9 Å². The number of para-hydroxylation sites is 4. The van der Waals surface area contributed by atoms with Crippen LogP contribution < -0.4 is 0 Å². The molecule has 4 heterocycles. The third-order valence-corrected chi connectivity index (χ3v) is 11.5. The fraction of sp³-hybridized carbons (Fsp3) is 0. The molecule has 0 N–H and O–H groups in total. The number of rotatable bonds is 5. The first-order valence-electron chi connectivity index (χ1n) is 19.4. The van der Waals surface area contributed by atoms with Crippen LogP contribution in [0.1, 0.15) is 0 Å². The smallest absolute Gasteiger partial charge is 0.146 e. The lowest BCUT2D eigenvalue weighted by molar-refractivity contribution is 0.673. The average Bonchev–Trinajstić information content (AvgIpc) is 3.95. The number of aromatic nitrogens is 3. The first-order chi connectivity index (χ1) is 28.3. The van der Waals surface area contributed by atoms with Gasteiger partial charge in [-0.3, -0.25) is 0 Å². The van der Waals surface area contributed by atoms with Crippen LogP contribution in [0.2, 0.25) is 0 Å². The fourth-order valence-corrected chi connectivity index (χ4v) is 9.01. The highest BCUT2D eigenvalue weighted by Gasteiger charge is 2.27. The molecule has 4 heteroatoms. The molecule has 0 aliphatic carbocycles. The van der Waals surface area contributed by atoms with Crippen LogP contribution in [-0.4, -0.2) is 14.1 Å². The van der Waals surface area contributed by atoms with Crippen molar-refractivity contribution in [2.45, 2.75) is 0 Å². The number of nitrogens with zero attached hydrogens (tertiary/aromatic N) is 3. The second-order valence-electron chi connectivity index (χ2n) is 14.7. The first kappa shape index (κ1) is 31.6. The number of benzene rings is 8. The number of hydrogen-bond donors (Lipinski definition) is 0.